The first-order chi connectivity index (χ1) is 10.5. The summed E-state index contributed by atoms with van der Waals surface area (Å²) in [6.07, 6.45) is 5.61. The summed E-state index contributed by atoms with van der Waals surface area (Å²) >= 11 is 0. The number of rotatable bonds is 6. The number of amides is 2. The van der Waals surface area contributed by atoms with Crippen LogP contribution < -0.4 is 10.7 Å². The van der Waals surface area contributed by atoms with Crippen molar-refractivity contribution in [2.24, 2.45) is 18.1 Å². The van der Waals surface area contributed by atoms with Gasteiger partial charge in [-0.05, 0) is 18.8 Å². The van der Waals surface area contributed by atoms with Gasteiger partial charge in [-0.15, -0.1) is 0 Å². The number of imidazole rings is 1. The number of nitrogens with zero attached hydrogens (tertiary/aromatic N) is 3. The van der Waals surface area contributed by atoms with Gasteiger partial charge in [0.25, 0.3) is 0 Å². The molecule has 2 amide bonds. The number of carbonyl (C=O) groups is 2. The largest absolute Gasteiger partial charge is 0.346 e. The molecule has 2 N–H and O–H groups in total. The molecule has 7 nitrogen and oxygen atoms in total. The van der Waals surface area contributed by atoms with Crippen molar-refractivity contribution >= 4 is 17.5 Å². The molecule has 0 saturated heterocycles. The van der Waals surface area contributed by atoms with Crippen LogP contribution in [0, 0.1) is 5.92 Å². The van der Waals surface area contributed by atoms with E-state index < -0.39 is 0 Å². The third kappa shape index (κ3) is 4.16. The Hall–Kier alpha value is -2.18. The highest BCUT2D eigenvalue weighted by molar-refractivity contribution is 5.94. The summed E-state index contributed by atoms with van der Waals surface area (Å²) in [6.45, 7) is 4.11. The van der Waals surface area contributed by atoms with E-state index in [0.717, 1.165) is 11.5 Å². The smallest absolute Gasteiger partial charge is 0.240 e. The summed E-state index contributed by atoms with van der Waals surface area (Å²) in [5.74, 6) is 1.01. The van der Waals surface area contributed by atoms with Gasteiger partial charge < -0.3 is 9.88 Å². The Labute approximate surface area is 130 Å². The number of carbonyl (C=O) groups excluding carboxylic acids is 2. The molecule has 22 heavy (non-hydrogen) atoms. The zero-order chi connectivity index (χ0) is 16.1. The predicted molar refractivity (Wildman–Crippen MR) is 83.0 cm³/mol. The molecule has 1 aromatic rings. The molecule has 1 aromatic heterocycles. The van der Waals surface area contributed by atoms with Gasteiger partial charge in [0.2, 0.25) is 11.8 Å². The maximum Gasteiger partial charge on any atom is 0.240 e. The molecular weight excluding hydrogens is 282 g/mol. The van der Waals surface area contributed by atoms with Crippen LogP contribution in [0.25, 0.3) is 0 Å². The Kier molecular flexibility index (Phi) is 5.30. The Bertz CT molecular complexity index is 576. The van der Waals surface area contributed by atoms with E-state index in [1.807, 2.05) is 17.8 Å². The highest BCUT2D eigenvalue weighted by Crippen LogP contribution is 2.20. The topological polar surface area (TPSA) is 88.4 Å². The van der Waals surface area contributed by atoms with Gasteiger partial charge in [-0.1, -0.05) is 13.8 Å². The Morgan fingerprint density at radius 3 is 2.77 bits per heavy atom. The number of aromatic nitrogens is 2. The Morgan fingerprint density at radius 2 is 2.23 bits per heavy atom. The van der Waals surface area contributed by atoms with E-state index in [4.69, 9.17) is 0 Å². The molecule has 0 fully saturated rings. The van der Waals surface area contributed by atoms with E-state index in [1.54, 1.807) is 6.20 Å². The lowest BCUT2D eigenvalue weighted by Gasteiger charge is -2.22. The maximum atomic E-state index is 12.2. The number of nitrogens with one attached hydrogen (secondary N) is 2. The van der Waals surface area contributed by atoms with Crippen molar-refractivity contribution in [3.63, 3.8) is 0 Å². The summed E-state index contributed by atoms with van der Waals surface area (Å²) in [4.78, 5) is 27.5. The van der Waals surface area contributed by atoms with Crippen molar-refractivity contribution < 1.29 is 9.59 Å². The van der Waals surface area contributed by atoms with E-state index in [1.165, 1.54) is 0 Å². The molecule has 7 heteroatoms. The second-order valence-corrected chi connectivity index (χ2v) is 5.90. The molecule has 2 heterocycles. The Morgan fingerprint density at radius 1 is 1.45 bits per heavy atom. The van der Waals surface area contributed by atoms with Gasteiger partial charge in [0.05, 0.1) is 6.04 Å². The quantitative estimate of drug-likeness (QED) is 0.829. The third-order valence-corrected chi connectivity index (χ3v) is 3.74. The van der Waals surface area contributed by atoms with Crippen molar-refractivity contribution in [1.82, 2.24) is 20.3 Å². The van der Waals surface area contributed by atoms with E-state index >= 15 is 0 Å². The Balaban J connectivity index is 1.89. The molecule has 0 aromatic carbocycles. The highest BCUT2D eigenvalue weighted by atomic mass is 16.2. The molecule has 0 saturated carbocycles. The van der Waals surface area contributed by atoms with Crippen LogP contribution in [0.5, 0.6) is 0 Å². The first-order valence-electron chi connectivity index (χ1n) is 7.58. The average molecular weight is 305 g/mol. The van der Waals surface area contributed by atoms with Crippen LogP contribution in [0.15, 0.2) is 17.5 Å². The molecule has 0 spiro atoms. The molecule has 1 atom stereocenters. The summed E-state index contributed by atoms with van der Waals surface area (Å²) < 4.78 is 1.92. The molecule has 0 aliphatic carbocycles. The first kappa shape index (κ1) is 16.2. The fourth-order valence-corrected chi connectivity index (χ4v) is 2.40. The molecular formula is C15H23N5O2. The summed E-state index contributed by atoms with van der Waals surface area (Å²) in [6, 6.07) is -0.111. The van der Waals surface area contributed by atoms with Gasteiger partial charge in [-0.25, -0.2) is 10.4 Å². The standard InChI is InChI=1S/C15H23N5O2/c1-10(2)14(15-16-8-9-20(15)3)17-12(21)6-4-11-5-7-13(22)19-18-11/h8-10,14H,4-7H2,1-3H3,(H,17,21)(H,19,22)/t14-/m0/s1. The van der Waals surface area contributed by atoms with Gasteiger partial charge in [-0.2, -0.15) is 5.10 Å². The minimum atomic E-state index is -0.111. The second kappa shape index (κ2) is 7.20. The maximum absolute atomic E-state index is 12.2. The van der Waals surface area contributed by atoms with Gasteiger partial charge in [0, 0.05) is 38.0 Å². The van der Waals surface area contributed by atoms with Crippen LogP contribution in [0.1, 0.15) is 51.4 Å². The summed E-state index contributed by atoms with van der Waals surface area (Å²) in [5, 5.41) is 7.02. The second-order valence-electron chi connectivity index (χ2n) is 5.90. The molecule has 1 aliphatic heterocycles. The average Bonchev–Trinajstić information content (AvgIpc) is 2.90. The van der Waals surface area contributed by atoms with Crippen molar-refractivity contribution in [2.45, 2.75) is 45.6 Å². The minimum absolute atomic E-state index is 0.0266. The fraction of sp³-hybridized carbons (Fsp3) is 0.600. The van der Waals surface area contributed by atoms with Crippen LogP contribution in [-0.2, 0) is 16.6 Å². The van der Waals surface area contributed by atoms with Crippen LogP contribution in [-0.4, -0.2) is 27.1 Å². The molecule has 0 bridgehead atoms. The van der Waals surface area contributed by atoms with Crippen LogP contribution in [0.2, 0.25) is 0 Å². The minimum Gasteiger partial charge on any atom is -0.346 e. The van der Waals surface area contributed by atoms with Gasteiger partial charge in [0.1, 0.15) is 5.82 Å². The predicted octanol–water partition coefficient (Wildman–Crippen LogP) is 1.28. The molecule has 0 unspecified atom stereocenters. The van der Waals surface area contributed by atoms with Gasteiger partial charge >= 0.3 is 0 Å². The number of hydrogen-bond acceptors (Lipinski definition) is 4. The lowest BCUT2D eigenvalue weighted by atomic mass is 10.0. The fourth-order valence-electron chi connectivity index (χ4n) is 2.40. The first-order valence-corrected chi connectivity index (χ1v) is 7.58. The molecule has 120 valence electrons. The number of hydrogen-bond donors (Lipinski definition) is 2. The molecule has 0 radical (unpaired) electrons. The van der Waals surface area contributed by atoms with E-state index in [2.05, 4.69) is 34.7 Å². The monoisotopic (exact) mass is 305 g/mol. The third-order valence-electron chi connectivity index (χ3n) is 3.74. The van der Waals surface area contributed by atoms with Crippen molar-refractivity contribution in [3.8, 4) is 0 Å². The summed E-state index contributed by atoms with van der Waals surface area (Å²) in [5.41, 5.74) is 3.32. The zero-order valence-corrected chi connectivity index (χ0v) is 13.3. The van der Waals surface area contributed by atoms with Crippen molar-refractivity contribution in [3.05, 3.63) is 18.2 Å². The van der Waals surface area contributed by atoms with Gasteiger partial charge in [-0.3, -0.25) is 9.59 Å². The van der Waals surface area contributed by atoms with E-state index in [0.29, 0.717) is 25.7 Å². The lowest BCUT2D eigenvalue weighted by Crippen LogP contribution is -2.34. The lowest BCUT2D eigenvalue weighted by molar-refractivity contribution is -0.122. The van der Waals surface area contributed by atoms with Crippen molar-refractivity contribution in [2.75, 3.05) is 0 Å². The van der Waals surface area contributed by atoms with Crippen LogP contribution in [0.4, 0.5) is 0 Å². The van der Waals surface area contributed by atoms with E-state index in [-0.39, 0.29) is 23.8 Å². The SMILES string of the molecule is CC(C)[C@H](NC(=O)CCC1=NNC(=O)CC1)c1nccn1C. The van der Waals surface area contributed by atoms with E-state index in [9.17, 15) is 9.59 Å². The van der Waals surface area contributed by atoms with Crippen LogP contribution >= 0.6 is 0 Å². The highest BCUT2D eigenvalue weighted by Gasteiger charge is 2.22. The summed E-state index contributed by atoms with van der Waals surface area (Å²) in [7, 11) is 1.92. The molecule has 2 rings (SSSR count). The number of aryl methyl sites for hydroxylation is 1. The number of hydrazone groups is 1. The van der Waals surface area contributed by atoms with Crippen LogP contribution in [0.3, 0.4) is 0 Å². The van der Waals surface area contributed by atoms with Gasteiger partial charge in [0.15, 0.2) is 0 Å². The zero-order valence-electron chi connectivity index (χ0n) is 13.3. The normalized spacial score (nSPS) is 16.2. The van der Waals surface area contributed by atoms with Crippen molar-refractivity contribution in [1.29, 1.82) is 0 Å². The molecule has 1 aliphatic rings.